The van der Waals surface area contributed by atoms with Crippen LogP contribution in [0.25, 0.3) is 0 Å². The Morgan fingerprint density at radius 2 is 1.62 bits per heavy atom. The second-order valence-corrected chi connectivity index (χ2v) is 6.77. The van der Waals surface area contributed by atoms with Crippen LogP contribution in [0, 0.1) is 20.8 Å². The summed E-state index contributed by atoms with van der Waals surface area (Å²) >= 11 is 0. The summed E-state index contributed by atoms with van der Waals surface area (Å²) in [5, 5.41) is 6.35. The lowest BCUT2D eigenvalue weighted by molar-refractivity contribution is -0.115. The number of carbonyl (C=O) groups is 1. The molecule has 0 heterocycles. The first-order valence-corrected chi connectivity index (χ1v) is 9.40. The zero-order valence-electron chi connectivity index (χ0n) is 16.6. The Kier molecular flexibility index (Phi) is 7.07. The maximum absolute atomic E-state index is 12.2. The highest BCUT2D eigenvalue weighted by atomic mass is 16.1. The molecule has 2 aromatic rings. The normalized spacial score (nSPS) is 10.5. The molecule has 1 amide bonds. The van der Waals surface area contributed by atoms with E-state index >= 15 is 0 Å². The van der Waals surface area contributed by atoms with Gasteiger partial charge in [-0.3, -0.25) is 4.79 Å². The summed E-state index contributed by atoms with van der Waals surface area (Å²) < 4.78 is 0. The molecule has 0 unspecified atom stereocenters. The van der Waals surface area contributed by atoms with Crippen molar-refractivity contribution in [2.75, 3.05) is 35.2 Å². The Bertz CT molecular complexity index is 731. The van der Waals surface area contributed by atoms with Gasteiger partial charge in [0.2, 0.25) is 5.91 Å². The van der Waals surface area contributed by atoms with Gasteiger partial charge in [-0.25, -0.2) is 0 Å². The molecule has 0 aliphatic carbocycles. The van der Waals surface area contributed by atoms with Gasteiger partial charge < -0.3 is 15.5 Å². The van der Waals surface area contributed by atoms with Crippen molar-refractivity contribution in [2.45, 2.75) is 41.0 Å². The first-order valence-electron chi connectivity index (χ1n) is 9.40. The lowest BCUT2D eigenvalue weighted by atomic mass is 10.1. The Labute approximate surface area is 157 Å². The minimum atomic E-state index is 0.0277. The van der Waals surface area contributed by atoms with Gasteiger partial charge in [0.15, 0.2) is 0 Å². The smallest absolute Gasteiger partial charge is 0.226 e. The minimum absolute atomic E-state index is 0.0277. The number of aryl methyl sites for hydroxylation is 3. The van der Waals surface area contributed by atoms with Crippen LogP contribution in [0.15, 0.2) is 36.4 Å². The highest BCUT2D eigenvalue weighted by Gasteiger charge is 2.07. The molecule has 0 aliphatic rings. The van der Waals surface area contributed by atoms with E-state index in [1.807, 2.05) is 26.0 Å². The van der Waals surface area contributed by atoms with Gasteiger partial charge in [-0.2, -0.15) is 0 Å². The molecule has 0 bridgehead atoms. The van der Waals surface area contributed by atoms with Gasteiger partial charge in [-0.05, 0) is 81.6 Å². The summed E-state index contributed by atoms with van der Waals surface area (Å²) in [4.78, 5) is 14.5. The quantitative estimate of drug-likeness (QED) is 0.709. The van der Waals surface area contributed by atoms with Crippen LogP contribution in [0.4, 0.5) is 17.1 Å². The number of nitrogens with zero attached hydrogens (tertiary/aromatic N) is 1. The third kappa shape index (κ3) is 5.51. The van der Waals surface area contributed by atoms with Crippen molar-refractivity contribution in [2.24, 2.45) is 0 Å². The average Bonchev–Trinajstić information content (AvgIpc) is 2.57. The second-order valence-electron chi connectivity index (χ2n) is 6.77. The SMILES string of the molecule is CCN(CC)c1ccc(NCCC(=O)Nc2cc(C)cc(C)c2)c(C)c1. The Hall–Kier alpha value is -2.49. The van der Waals surface area contributed by atoms with Crippen molar-refractivity contribution in [1.82, 2.24) is 0 Å². The molecule has 0 saturated heterocycles. The number of benzene rings is 2. The molecule has 4 heteroatoms. The maximum atomic E-state index is 12.2. The monoisotopic (exact) mass is 353 g/mol. The van der Waals surface area contributed by atoms with Gasteiger partial charge in [0.05, 0.1) is 0 Å². The first kappa shape index (κ1) is 19.8. The molecule has 2 N–H and O–H groups in total. The second kappa shape index (κ2) is 9.27. The average molecular weight is 354 g/mol. The van der Waals surface area contributed by atoms with E-state index in [4.69, 9.17) is 0 Å². The van der Waals surface area contributed by atoms with Crippen LogP contribution in [0.3, 0.4) is 0 Å². The first-order chi connectivity index (χ1) is 12.4. The van der Waals surface area contributed by atoms with Gasteiger partial charge in [-0.15, -0.1) is 0 Å². The molecule has 2 aromatic carbocycles. The van der Waals surface area contributed by atoms with Crippen molar-refractivity contribution in [1.29, 1.82) is 0 Å². The number of rotatable bonds is 8. The van der Waals surface area contributed by atoms with Gasteiger partial charge in [-0.1, -0.05) is 6.07 Å². The Balaban J connectivity index is 1.88. The molecule has 0 atom stereocenters. The fourth-order valence-corrected chi connectivity index (χ4v) is 3.21. The Morgan fingerprint density at radius 3 is 2.19 bits per heavy atom. The highest BCUT2D eigenvalue weighted by molar-refractivity contribution is 5.91. The fourth-order valence-electron chi connectivity index (χ4n) is 3.21. The number of hydrogen-bond acceptors (Lipinski definition) is 3. The van der Waals surface area contributed by atoms with Crippen molar-refractivity contribution in [3.8, 4) is 0 Å². The summed E-state index contributed by atoms with van der Waals surface area (Å²) in [5.74, 6) is 0.0277. The molecule has 0 fully saturated rings. The van der Waals surface area contributed by atoms with Crippen molar-refractivity contribution in [3.63, 3.8) is 0 Å². The van der Waals surface area contributed by atoms with Crippen molar-refractivity contribution < 1.29 is 4.79 Å². The van der Waals surface area contributed by atoms with Crippen LogP contribution in [0.2, 0.25) is 0 Å². The van der Waals surface area contributed by atoms with E-state index in [0.717, 1.165) is 35.6 Å². The molecule has 0 aliphatic heterocycles. The summed E-state index contributed by atoms with van der Waals surface area (Å²) in [6.07, 6.45) is 0.435. The molecular weight excluding hydrogens is 322 g/mol. The summed E-state index contributed by atoms with van der Waals surface area (Å²) in [5.41, 5.74) is 6.70. The van der Waals surface area contributed by atoms with E-state index < -0.39 is 0 Å². The van der Waals surface area contributed by atoms with E-state index in [1.54, 1.807) is 0 Å². The number of carbonyl (C=O) groups excluding carboxylic acids is 1. The van der Waals surface area contributed by atoms with Crippen LogP contribution in [0.1, 0.15) is 37.0 Å². The number of hydrogen-bond donors (Lipinski definition) is 2. The third-order valence-corrected chi connectivity index (χ3v) is 4.51. The van der Waals surface area contributed by atoms with Crippen molar-refractivity contribution in [3.05, 3.63) is 53.1 Å². The van der Waals surface area contributed by atoms with Gasteiger partial charge in [0, 0.05) is 43.1 Å². The van der Waals surface area contributed by atoms with E-state index in [-0.39, 0.29) is 5.91 Å². The molecule has 2 rings (SSSR count). The van der Waals surface area contributed by atoms with Gasteiger partial charge >= 0.3 is 0 Å². The minimum Gasteiger partial charge on any atom is -0.384 e. The van der Waals surface area contributed by atoms with E-state index in [2.05, 4.69) is 60.6 Å². The molecule has 0 spiro atoms. The molecule has 0 radical (unpaired) electrons. The zero-order chi connectivity index (χ0) is 19.1. The third-order valence-electron chi connectivity index (χ3n) is 4.51. The zero-order valence-corrected chi connectivity index (χ0v) is 16.6. The number of anilines is 3. The summed E-state index contributed by atoms with van der Waals surface area (Å²) in [6.45, 7) is 13.1. The summed E-state index contributed by atoms with van der Waals surface area (Å²) in [6, 6.07) is 12.5. The van der Waals surface area contributed by atoms with Crippen LogP contribution in [0.5, 0.6) is 0 Å². The van der Waals surface area contributed by atoms with Crippen LogP contribution in [-0.2, 0) is 4.79 Å². The number of amides is 1. The van der Waals surface area contributed by atoms with Gasteiger partial charge in [0.1, 0.15) is 0 Å². The largest absolute Gasteiger partial charge is 0.384 e. The molecule has 140 valence electrons. The summed E-state index contributed by atoms with van der Waals surface area (Å²) in [7, 11) is 0. The van der Waals surface area contributed by atoms with E-state index in [9.17, 15) is 4.79 Å². The van der Waals surface area contributed by atoms with E-state index in [0.29, 0.717) is 13.0 Å². The molecule has 4 nitrogen and oxygen atoms in total. The lowest BCUT2D eigenvalue weighted by Gasteiger charge is -2.22. The maximum Gasteiger partial charge on any atom is 0.226 e. The van der Waals surface area contributed by atoms with Crippen LogP contribution >= 0.6 is 0 Å². The molecule has 0 saturated carbocycles. The number of nitrogens with one attached hydrogen (secondary N) is 2. The van der Waals surface area contributed by atoms with Crippen molar-refractivity contribution >= 4 is 23.0 Å². The predicted molar refractivity (Wildman–Crippen MR) is 112 cm³/mol. The lowest BCUT2D eigenvalue weighted by Crippen LogP contribution is -2.22. The molecule has 0 aromatic heterocycles. The molecular formula is C22H31N3O. The van der Waals surface area contributed by atoms with Gasteiger partial charge in [0.25, 0.3) is 0 Å². The predicted octanol–water partition coefficient (Wildman–Crippen LogP) is 4.90. The molecule has 26 heavy (non-hydrogen) atoms. The standard InChI is InChI=1S/C22H31N3O/c1-6-25(7-2)20-8-9-21(18(5)15-20)23-11-10-22(26)24-19-13-16(3)12-17(4)14-19/h8-9,12-15,23H,6-7,10-11H2,1-5H3,(H,24,26). The highest BCUT2D eigenvalue weighted by Crippen LogP contribution is 2.22. The van der Waals surface area contributed by atoms with E-state index in [1.165, 1.54) is 11.3 Å². The topological polar surface area (TPSA) is 44.4 Å². The van der Waals surface area contributed by atoms with Crippen LogP contribution in [-0.4, -0.2) is 25.5 Å². The fraction of sp³-hybridized carbons (Fsp3) is 0.409. The Morgan fingerprint density at radius 1 is 0.962 bits per heavy atom. The van der Waals surface area contributed by atoms with Crippen LogP contribution < -0.4 is 15.5 Å².